The lowest BCUT2D eigenvalue weighted by molar-refractivity contribution is 1.13. The normalized spacial score (nSPS) is 16.6. The highest BCUT2D eigenvalue weighted by Gasteiger charge is 2.26. The van der Waals surface area contributed by atoms with Gasteiger partial charge in [0.15, 0.2) is 0 Å². The molecule has 0 amide bonds. The zero-order chi connectivity index (χ0) is 16.4. The Kier molecular flexibility index (Phi) is 3.88. The minimum atomic E-state index is 0.309. The molecule has 0 fully saturated rings. The Morgan fingerprint density at radius 1 is 0.750 bits per heavy atom. The standard InChI is InChI=1S/C24H20/c1-2-20(18-11-5-3-6-12-18)24-17-23(19-13-7-4-8-14-19)21-15-9-10-16-22(21)24/h2-17,24H,1H3/b20-2+. The van der Waals surface area contributed by atoms with Crippen LogP contribution in [0, 0.1) is 0 Å². The number of benzene rings is 3. The summed E-state index contributed by atoms with van der Waals surface area (Å²) < 4.78 is 0. The van der Waals surface area contributed by atoms with Crippen molar-refractivity contribution in [3.8, 4) is 0 Å². The quantitative estimate of drug-likeness (QED) is 0.531. The number of allylic oxidation sites excluding steroid dienone is 3. The average molecular weight is 308 g/mol. The average Bonchev–Trinajstić information content (AvgIpc) is 3.04. The highest BCUT2D eigenvalue weighted by Crippen LogP contribution is 2.45. The first kappa shape index (κ1) is 14.7. The fraction of sp³-hybridized carbons (Fsp3) is 0.0833. The van der Waals surface area contributed by atoms with E-state index >= 15 is 0 Å². The Morgan fingerprint density at radius 3 is 2.08 bits per heavy atom. The molecule has 1 unspecified atom stereocenters. The first-order valence-electron chi connectivity index (χ1n) is 8.46. The number of rotatable bonds is 3. The molecule has 0 N–H and O–H groups in total. The van der Waals surface area contributed by atoms with Gasteiger partial charge in [0.05, 0.1) is 0 Å². The third-order valence-corrected chi connectivity index (χ3v) is 4.76. The lowest BCUT2D eigenvalue weighted by atomic mass is 9.88. The van der Waals surface area contributed by atoms with Gasteiger partial charge in [0.2, 0.25) is 0 Å². The van der Waals surface area contributed by atoms with Crippen molar-refractivity contribution in [3.05, 3.63) is 119 Å². The smallest absolute Gasteiger partial charge is 0.0287 e. The van der Waals surface area contributed by atoms with Crippen LogP contribution in [-0.2, 0) is 0 Å². The van der Waals surface area contributed by atoms with Gasteiger partial charge in [-0.3, -0.25) is 0 Å². The number of fused-ring (bicyclic) bond motifs is 1. The molecule has 0 aromatic heterocycles. The van der Waals surface area contributed by atoms with Crippen LogP contribution >= 0.6 is 0 Å². The Bertz CT molecular complexity index is 899. The van der Waals surface area contributed by atoms with Crippen LogP contribution in [0.3, 0.4) is 0 Å². The van der Waals surface area contributed by atoms with Crippen LogP contribution in [0.25, 0.3) is 11.1 Å². The van der Waals surface area contributed by atoms with Crippen LogP contribution in [0.2, 0.25) is 0 Å². The van der Waals surface area contributed by atoms with Crippen molar-refractivity contribution in [1.82, 2.24) is 0 Å². The van der Waals surface area contributed by atoms with Crippen molar-refractivity contribution < 1.29 is 0 Å². The molecule has 1 atom stereocenters. The summed E-state index contributed by atoms with van der Waals surface area (Å²) in [7, 11) is 0. The van der Waals surface area contributed by atoms with Crippen LogP contribution in [0.1, 0.15) is 35.1 Å². The van der Waals surface area contributed by atoms with Crippen LogP contribution in [-0.4, -0.2) is 0 Å². The van der Waals surface area contributed by atoms with Crippen LogP contribution in [0.5, 0.6) is 0 Å². The van der Waals surface area contributed by atoms with Crippen molar-refractivity contribution in [3.63, 3.8) is 0 Å². The van der Waals surface area contributed by atoms with E-state index in [1.54, 1.807) is 0 Å². The van der Waals surface area contributed by atoms with E-state index in [0.29, 0.717) is 5.92 Å². The van der Waals surface area contributed by atoms with Crippen LogP contribution in [0.15, 0.2) is 97.1 Å². The minimum absolute atomic E-state index is 0.309. The summed E-state index contributed by atoms with van der Waals surface area (Å²) in [6, 6.07) is 30.2. The van der Waals surface area contributed by atoms with Crippen LogP contribution in [0.4, 0.5) is 0 Å². The Morgan fingerprint density at radius 2 is 1.38 bits per heavy atom. The number of hydrogen-bond acceptors (Lipinski definition) is 0. The van der Waals surface area contributed by atoms with Crippen molar-refractivity contribution >= 4 is 11.1 Å². The van der Waals surface area contributed by atoms with Crippen molar-refractivity contribution in [2.24, 2.45) is 0 Å². The predicted molar refractivity (Wildman–Crippen MR) is 103 cm³/mol. The van der Waals surface area contributed by atoms with Crippen molar-refractivity contribution in [1.29, 1.82) is 0 Å². The molecular formula is C24H20. The lowest BCUT2D eigenvalue weighted by Crippen LogP contribution is -1.97. The molecule has 24 heavy (non-hydrogen) atoms. The third kappa shape index (κ3) is 2.51. The van der Waals surface area contributed by atoms with Gasteiger partial charge in [-0.05, 0) is 40.3 Å². The topological polar surface area (TPSA) is 0 Å². The first-order chi connectivity index (χ1) is 11.9. The lowest BCUT2D eigenvalue weighted by Gasteiger charge is -2.15. The van der Waals surface area contributed by atoms with Gasteiger partial charge in [0, 0.05) is 5.92 Å². The second-order valence-corrected chi connectivity index (χ2v) is 6.12. The zero-order valence-corrected chi connectivity index (χ0v) is 13.8. The molecular weight excluding hydrogens is 288 g/mol. The fourth-order valence-corrected chi connectivity index (χ4v) is 3.64. The molecule has 1 aliphatic carbocycles. The van der Waals surface area contributed by atoms with Crippen molar-refractivity contribution in [2.45, 2.75) is 12.8 Å². The molecule has 0 heterocycles. The zero-order valence-electron chi connectivity index (χ0n) is 13.8. The first-order valence-corrected chi connectivity index (χ1v) is 8.46. The van der Waals surface area contributed by atoms with E-state index in [0.717, 1.165) is 0 Å². The Labute approximate surface area is 143 Å². The summed E-state index contributed by atoms with van der Waals surface area (Å²) in [4.78, 5) is 0. The second-order valence-electron chi connectivity index (χ2n) is 6.12. The monoisotopic (exact) mass is 308 g/mol. The molecule has 116 valence electrons. The molecule has 4 rings (SSSR count). The molecule has 0 heteroatoms. The molecule has 0 aliphatic heterocycles. The van der Waals surface area contributed by atoms with E-state index in [1.807, 2.05) is 0 Å². The maximum absolute atomic E-state index is 2.42. The highest BCUT2D eigenvalue weighted by molar-refractivity contribution is 5.91. The van der Waals surface area contributed by atoms with E-state index < -0.39 is 0 Å². The van der Waals surface area contributed by atoms with E-state index in [4.69, 9.17) is 0 Å². The maximum Gasteiger partial charge on any atom is 0.0287 e. The summed E-state index contributed by atoms with van der Waals surface area (Å²) in [5.74, 6) is 0.309. The summed E-state index contributed by atoms with van der Waals surface area (Å²) in [5.41, 5.74) is 8.04. The van der Waals surface area contributed by atoms with E-state index in [2.05, 4.69) is 104 Å². The molecule has 3 aromatic rings. The van der Waals surface area contributed by atoms with Gasteiger partial charge < -0.3 is 0 Å². The molecule has 0 radical (unpaired) electrons. The van der Waals surface area contributed by atoms with E-state index in [1.165, 1.54) is 33.4 Å². The fourth-order valence-electron chi connectivity index (χ4n) is 3.64. The molecule has 0 saturated carbocycles. The Hall–Kier alpha value is -2.86. The van der Waals surface area contributed by atoms with Gasteiger partial charge in [0.25, 0.3) is 0 Å². The molecule has 0 spiro atoms. The Balaban J connectivity index is 1.86. The third-order valence-electron chi connectivity index (χ3n) is 4.76. The number of hydrogen-bond donors (Lipinski definition) is 0. The molecule has 0 saturated heterocycles. The van der Waals surface area contributed by atoms with Gasteiger partial charge >= 0.3 is 0 Å². The summed E-state index contributed by atoms with van der Waals surface area (Å²) in [5, 5.41) is 0. The SMILES string of the molecule is C/C=C(\c1ccccc1)C1C=C(c2ccccc2)c2ccccc21. The minimum Gasteiger partial charge on any atom is -0.0829 e. The predicted octanol–water partition coefficient (Wildman–Crippen LogP) is 6.32. The summed E-state index contributed by atoms with van der Waals surface area (Å²) in [6.45, 7) is 2.14. The molecule has 1 aliphatic rings. The summed E-state index contributed by atoms with van der Waals surface area (Å²) in [6.07, 6.45) is 4.67. The van der Waals surface area contributed by atoms with E-state index in [-0.39, 0.29) is 0 Å². The maximum atomic E-state index is 2.42. The highest BCUT2D eigenvalue weighted by atomic mass is 14.3. The second kappa shape index (κ2) is 6.33. The molecule has 3 aromatic carbocycles. The summed E-state index contributed by atoms with van der Waals surface area (Å²) >= 11 is 0. The van der Waals surface area contributed by atoms with E-state index in [9.17, 15) is 0 Å². The van der Waals surface area contributed by atoms with Gasteiger partial charge in [-0.1, -0.05) is 97.1 Å². The van der Waals surface area contributed by atoms with Gasteiger partial charge in [-0.25, -0.2) is 0 Å². The van der Waals surface area contributed by atoms with Crippen LogP contribution < -0.4 is 0 Å². The molecule has 0 nitrogen and oxygen atoms in total. The largest absolute Gasteiger partial charge is 0.0829 e. The van der Waals surface area contributed by atoms with Gasteiger partial charge in [-0.2, -0.15) is 0 Å². The van der Waals surface area contributed by atoms with Crippen molar-refractivity contribution in [2.75, 3.05) is 0 Å². The van der Waals surface area contributed by atoms with Gasteiger partial charge in [0.1, 0.15) is 0 Å². The van der Waals surface area contributed by atoms with Gasteiger partial charge in [-0.15, -0.1) is 0 Å². The molecule has 0 bridgehead atoms.